The van der Waals surface area contributed by atoms with Crippen LogP contribution in [0.3, 0.4) is 0 Å². The lowest BCUT2D eigenvalue weighted by molar-refractivity contribution is -0.121. The van der Waals surface area contributed by atoms with Gasteiger partial charge in [0.2, 0.25) is 5.91 Å². The van der Waals surface area contributed by atoms with Crippen molar-refractivity contribution in [2.75, 3.05) is 0 Å². The predicted molar refractivity (Wildman–Crippen MR) is 85.9 cm³/mol. The molecule has 0 fully saturated rings. The highest BCUT2D eigenvalue weighted by Gasteiger charge is 2.30. The van der Waals surface area contributed by atoms with Crippen LogP contribution in [0.2, 0.25) is 0 Å². The summed E-state index contributed by atoms with van der Waals surface area (Å²) in [6.45, 7) is 10.8. The van der Waals surface area contributed by atoms with E-state index in [-0.39, 0.29) is 5.75 Å². The van der Waals surface area contributed by atoms with Crippen molar-refractivity contribution in [3.8, 4) is 0 Å². The first-order valence-electron chi connectivity index (χ1n) is 7.01. The second kappa shape index (κ2) is 6.18. The highest BCUT2D eigenvalue weighted by Crippen LogP contribution is 2.16. The van der Waals surface area contributed by atoms with Crippen LogP contribution in [0.5, 0.6) is 0 Å². The Morgan fingerprint density at radius 3 is 2.05 bits per heavy atom. The van der Waals surface area contributed by atoms with Gasteiger partial charge in [0.15, 0.2) is 9.84 Å². The molecule has 0 bridgehead atoms. The predicted octanol–water partition coefficient (Wildman–Crippen LogP) is 2.52. The van der Waals surface area contributed by atoms with Gasteiger partial charge in [0.1, 0.15) is 5.25 Å². The molecule has 4 nitrogen and oxygen atoms in total. The van der Waals surface area contributed by atoms with E-state index in [1.165, 1.54) is 6.92 Å². The summed E-state index contributed by atoms with van der Waals surface area (Å²) in [5.41, 5.74) is 2.32. The van der Waals surface area contributed by atoms with Crippen molar-refractivity contribution in [1.82, 2.24) is 5.32 Å². The van der Waals surface area contributed by atoms with Crippen LogP contribution in [0, 0.1) is 13.8 Å². The average Bonchev–Trinajstić information content (AvgIpc) is 2.23. The van der Waals surface area contributed by atoms with E-state index in [1.54, 1.807) is 0 Å². The van der Waals surface area contributed by atoms with Crippen LogP contribution in [0.15, 0.2) is 18.2 Å². The maximum Gasteiger partial charge on any atom is 0.238 e. The van der Waals surface area contributed by atoms with E-state index < -0.39 is 26.5 Å². The molecule has 1 N–H and O–H groups in total. The van der Waals surface area contributed by atoms with Crippen molar-refractivity contribution in [3.05, 3.63) is 34.9 Å². The summed E-state index contributed by atoms with van der Waals surface area (Å²) in [4.78, 5) is 12.0. The number of nitrogens with one attached hydrogen (secondary N) is 1. The van der Waals surface area contributed by atoms with Gasteiger partial charge in [0.05, 0.1) is 5.75 Å². The molecular weight excluding hydrogens is 286 g/mol. The molecule has 0 aromatic heterocycles. The van der Waals surface area contributed by atoms with Crippen LogP contribution >= 0.6 is 0 Å². The van der Waals surface area contributed by atoms with Gasteiger partial charge in [-0.3, -0.25) is 4.79 Å². The quantitative estimate of drug-likeness (QED) is 0.929. The summed E-state index contributed by atoms with van der Waals surface area (Å²) < 4.78 is 24.8. The summed E-state index contributed by atoms with van der Waals surface area (Å²) in [6, 6.07) is 5.68. The standard InChI is InChI=1S/C16H25NO3S/c1-11-7-12(2)9-14(8-11)10-21(19,20)13(3)15(18)17-16(4,5)6/h7-9,13H,10H2,1-6H3,(H,17,18). The van der Waals surface area contributed by atoms with Gasteiger partial charge in [-0.05, 0) is 47.1 Å². The minimum absolute atomic E-state index is 0.117. The number of carbonyl (C=O) groups is 1. The van der Waals surface area contributed by atoms with E-state index in [0.29, 0.717) is 0 Å². The molecule has 0 radical (unpaired) electrons. The fraction of sp³-hybridized carbons (Fsp3) is 0.562. The zero-order valence-corrected chi connectivity index (χ0v) is 14.5. The number of hydrogen-bond acceptors (Lipinski definition) is 3. The largest absolute Gasteiger partial charge is 0.350 e. The molecule has 0 saturated heterocycles. The number of rotatable bonds is 4. The Morgan fingerprint density at radius 2 is 1.62 bits per heavy atom. The van der Waals surface area contributed by atoms with Crippen LogP contribution in [-0.4, -0.2) is 25.1 Å². The smallest absolute Gasteiger partial charge is 0.238 e. The zero-order valence-electron chi connectivity index (χ0n) is 13.6. The third-order valence-corrected chi connectivity index (χ3v) is 5.08. The second-order valence-electron chi connectivity index (χ2n) is 6.68. The minimum Gasteiger partial charge on any atom is -0.350 e. The number of amides is 1. The molecule has 118 valence electrons. The molecule has 1 atom stereocenters. The van der Waals surface area contributed by atoms with Crippen LogP contribution < -0.4 is 5.32 Å². The van der Waals surface area contributed by atoms with E-state index in [1.807, 2.05) is 52.8 Å². The van der Waals surface area contributed by atoms with Gasteiger partial charge in [-0.2, -0.15) is 0 Å². The first kappa shape index (κ1) is 17.7. The monoisotopic (exact) mass is 311 g/mol. The first-order valence-corrected chi connectivity index (χ1v) is 8.73. The topological polar surface area (TPSA) is 63.2 Å². The Morgan fingerprint density at radius 1 is 1.14 bits per heavy atom. The number of hydrogen-bond donors (Lipinski definition) is 1. The molecule has 21 heavy (non-hydrogen) atoms. The first-order chi connectivity index (χ1) is 9.40. The van der Waals surface area contributed by atoms with Gasteiger partial charge in [0, 0.05) is 5.54 Å². The molecule has 0 saturated carbocycles. The number of aryl methyl sites for hydroxylation is 2. The van der Waals surface area contributed by atoms with Gasteiger partial charge >= 0.3 is 0 Å². The van der Waals surface area contributed by atoms with Gasteiger partial charge in [0.25, 0.3) is 0 Å². The maximum absolute atomic E-state index is 12.4. The van der Waals surface area contributed by atoms with Gasteiger partial charge in [-0.15, -0.1) is 0 Å². The SMILES string of the molecule is Cc1cc(C)cc(CS(=O)(=O)C(C)C(=O)NC(C)(C)C)c1. The second-order valence-corrected chi connectivity index (χ2v) is 9.01. The summed E-state index contributed by atoms with van der Waals surface area (Å²) in [7, 11) is -3.53. The van der Waals surface area contributed by atoms with Crippen molar-refractivity contribution in [3.63, 3.8) is 0 Å². The Labute approximate surface area is 127 Å². The Bertz CT molecular complexity index is 607. The molecule has 0 aliphatic carbocycles. The summed E-state index contributed by atoms with van der Waals surface area (Å²) >= 11 is 0. The van der Waals surface area contributed by atoms with Gasteiger partial charge in [-0.1, -0.05) is 29.3 Å². The van der Waals surface area contributed by atoms with Crippen LogP contribution in [-0.2, 0) is 20.4 Å². The fourth-order valence-electron chi connectivity index (χ4n) is 2.14. The Hall–Kier alpha value is -1.36. The lowest BCUT2D eigenvalue weighted by atomic mass is 10.1. The Balaban J connectivity index is 2.93. The zero-order chi connectivity index (χ0) is 16.4. The molecule has 1 unspecified atom stereocenters. The van der Waals surface area contributed by atoms with Crippen molar-refractivity contribution >= 4 is 15.7 Å². The van der Waals surface area contributed by atoms with E-state index in [0.717, 1.165) is 16.7 Å². The molecule has 0 heterocycles. The van der Waals surface area contributed by atoms with E-state index in [4.69, 9.17) is 0 Å². The molecule has 1 amide bonds. The number of carbonyl (C=O) groups excluding carboxylic acids is 1. The molecule has 0 aliphatic rings. The molecular formula is C16H25NO3S. The van der Waals surface area contributed by atoms with Crippen LogP contribution in [0.1, 0.15) is 44.4 Å². The third kappa shape index (κ3) is 5.50. The van der Waals surface area contributed by atoms with Crippen LogP contribution in [0.25, 0.3) is 0 Å². The molecule has 0 spiro atoms. The van der Waals surface area contributed by atoms with Gasteiger partial charge < -0.3 is 5.32 Å². The lowest BCUT2D eigenvalue weighted by Crippen LogP contribution is -2.47. The van der Waals surface area contributed by atoms with E-state index in [9.17, 15) is 13.2 Å². The van der Waals surface area contributed by atoms with E-state index >= 15 is 0 Å². The van der Waals surface area contributed by atoms with Gasteiger partial charge in [-0.25, -0.2) is 8.42 Å². The van der Waals surface area contributed by atoms with Crippen LogP contribution in [0.4, 0.5) is 0 Å². The third-order valence-electron chi connectivity index (χ3n) is 3.06. The lowest BCUT2D eigenvalue weighted by Gasteiger charge is -2.23. The van der Waals surface area contributed by atoms with E-state index in [2.05, 4.69) is 5.32 Å². The molecule has 1 rings (SSSR count). The maximum atomic E-state index is 12.4. The molecule has 1 aromatic rings. The summed E-state index contributed by atoms with van der Waals surface area (Å²) in [5.74, 6) is -0.569. The summed E-state index contributed by atoms with van der Waals surface area (Å²) in [6.07, 6.45) is 0. The average molecular weight is 311 g/mol. The molecule has 1 aromatic carbocycles. The molecule has 5 heteroatoms. The number of benzene rings is 1. The fourth-order valence-corrected chi connectivity index (χ4v) is 3.41. The Kier molecular flexibility index (Phi) is 5.20. The minimum atomic E-state index is -3.53. The highest BCUT2D eigenvalue weighted by molar-refractivity contribution is 7.92. The van der Waals surface area contributed by atoms with Crippen molar-refractivity contribution < 1.29 is 13.2 Å². The van der Waals surface area contributed by atoms with Crippen molar-refractivity contribution in [1.29, 1.82) is 0 Å². The molecule has 0 aliphatic heterocycles. The normalized spacial score (nSPS) is 13.8. The summed E-state index contributed by atoms with van der Waals surface area (Å²) in [5, 5.41) is 1.66. The van der Waals surface area contributed by atoms with Crippen molar-refractivity contribution in [2.45, 2.75) is 58.1 Å². The number of sulfone groups is 1. The highest BCUT2D eigenvalue weighted by atomic mass is 32.2. The van der Waals surface area contributed by atoms with Crippen molar-refractivity contribution in [2.24, 2.45) is 0 Å².